The molecule has 2 rings (SSSR count). The van der Waals surface area contributed by atoms with Gasteiger partial charge in [-0.1, -0.05) is 6.07 Å². The summed E-state index contributed by atoms with van der Waals surface area (Å²) in [6.45, 7) is 4.06. The monoisotopic (exact) mass is 263 g/mol. The number of pyridine rings is 1. The number of aryl methyl sites for hydroxylation is 1. The standard InChI is InChI=1S/C14H21N3O2/c1-11-3-4-12(9-16-11)10-17-13(18)14(19-2)5-7-15-8-6-14/h3-4,9,15H,5-8,10H2,1-2H3,(H,17,18). The third kappa shape index (κ3) is 3.30. The molecule has 0 aromatic carbocycles. The van der Waals surface area contributed by atoms with Gasteiger partial charge in [0.2, 0.25) is 0 Å². The molecule has 0 saturated carbocycles. The summed E-state index contributed by atoms with van der Waals surface area (Å²) in [5.41, 5.74) is 1.30. The molecule has 0 atom stereocenters. The molecular formula is C14H21N3O2. The van der Waals surface area contributed by atoms with Crippen molar-refractivity contribution >= 4 is 5.91 Å². The predicted octanol–water partition coefficient (Wildman–Crippen LogP) is 0.775. The van der Waals surface area contributed by atoms with Crippen molar-refractivity contribution in [1.29, 1.82) is 0 Å². The Labute approximate surface area is 113 Å². The molecule has 1 aromatic heterocycles. The largest absolute Gasteiger partial charge is 0.368 e. The second kappa shape index (κ2) is 6.12. The van der Waals surface area contributed by atoms with E-state index in [4.69, 9.17) is 4.74 Å². The smallest absolute Gasteiger partial charge is 0.252 e. The van der Waals surface area contributed by atoms with E-state index in [2.05, 4.69) is 15.6 Å². The first kappa shape index (κ1) is 14.0. The van der Waals surface area contributed by atoms with E-state index in [1.165, 1.54) is 0 Å². The summed E-state index contributed by atoms with van der Waals surface area (Å²) in [6.07, 6.45) is 3.21. The molecule has 1 saturated heterocycles. The van der Waals surface area contributed by atoms with Crippen molar-refractivity contribution in [3.63, 3.8) is 0 Å². The van der Waals surface area contributed by atoms with E-state index < -0.39 is 5.60 Å². The highest BCUT2D eigenvalue weighted by Gasteiger charge is 2.39. The Bertz CT molecular complexity index is 425. The van der Waals surface area contributed by atoms with Crippen LogP contribution in [0.2, 0.25) is 0 Å². The Kier molecular flexibility index (Phi) is 4.50. The highest BCUT2D eigenvalue weighted by Crippen LogP contribution is 2.22. The number of aromatic nitrogens is 1. The summed E-state index contributed by atoms with van der Waals surface area (Å²) in [6, 6.07) is 3.92. The summed E-state index contributed by atoms with van der Waals surface area (Å²) < 4.78 is 5.48. The zero-order chi connectivity index (χ0) is 13.7. The molecule has 2 heterocycles. The first-order chi connectivity index (χ1) is 9.16. The van der Waals surface area contributed by atoms with Gasteiger partial charge in [-0.25, -0.2) is 0 Å². The Morgan fingerprint density at radius 1 is 1.47 bits per heavy atom. The van der Waals surface area contributed by atoms with Gasteiger partial charge < -0.3 is 15.4 Å². The van der Waals surface area contributed by atoms with Crippen LogP contribution in [0, 0.1) is 6.92 Å². The SMILES string of the molecule is COC1(C(=O)NCc2ccc(C)nc2)CCNCC1. The van der Waals surface area contributed by atoms with Crippen LogP contribution in [0.3, 0.4) is 0 Å². The topological polar surface area (TPSA) is 63.2 Å². The number of carbonyl (C=O) groups excluding carboxylic acids is 1. The van der Waals surface area contributed by atoms with Gasteiger partial charge in [-0.05, 0) is 44.5 Å². The summed E-state index contributed by atoms with van der Waals surface area (Å²) >= 11 is 0. The van der Waals surface area contributed by atoms with Gasteiger partial charge in [0, 0.05) is 25.5 Å². The average Bonchev–Trinajstić information content (AvgIpc) is 2.47. The van der Waals surface area contributed by atoms with Gasteiger partial charge in [0.15, 0.2) is 0 Å². The second-order valence-corrected chi connectivity index (χ2v) is 4.94. The Balaban J connectivity index is 1.94. The van der Waals surface area contributed by atoms with E-state index in [0.717, 1.165) is 24.3 Å². The van der Waals surface area contributed by atoms with Crippen molar-refractivity contribution in [2.24, 2.45) is 0 Å². The van der Waals surface area contributed by atoms with E-state index in [0.29, 0.717) is 19.4 Å². The van der Waals surface area contributed by atoms with Crippen molar-refractivity contribution in [3.8, 4) is 0 Å². The second-order valence-electron chi connectivity index (χ2n) is 4.94. The van der Waals surface area contributed by atoms with Crippen LogP contribution in [0.4, 0.5) is 0 Å². The number of amides is 1. The normalized spacial score (nSPS) is 18.0. The minimum absolute atomic E-state index is 0.0305. The molecular weight excluding hydrogens is 242 g/mol. The number of piperidine rings is 1. The first-order valence-corrected chi connectivity index (χ1v) is 6.62. The number of rotatable bonds is 4. The maximum Gasteiger partial charge on any atom is 0.252 e. The molecule has 0 radical (unpaired) electrons. The van der Waals surface area contributed by atoms with E-state index >= 15 is 0 Å². The van der Waals surface area contributed by atoms with Crippen molar-refractivity contribution in [3.05, 3.63) is 29.6 Å². The van der Waals surface area contributed by atoms with Gasteiger partial charge in [0.05, 0.1) is 0 Å². The van der Waals surface area contributed by atoms with E-state index in [9.17, 15) is 4.79 Å². The first-order valence-electron chi connectivity index (χ1n) is 6.62. The van der Waals surface area contributed by atoms with Gasteiger partial charge >= 0.3 is 0 Å². The van der Waals surface area contributed by atoms with Gasteiger partial charge in [-0.2, -0.15) is 0 Å². The van der Waals surface area contributed by atoms with E-state index in [1.54, 1.807) is 13.3 Å². The van der Waals surface area contributed by atoms with Crippen LogP contribution >= 0.6 is 0 Å². The lowest BCUT2D eigenvalue weighted by molar-refractivity contribution is -0.146. The summed E-state index contributed by atoms with van der Waals surface area (Å²) in [4.78, 5) is 16.5. The molecule has 1 amide bonds. The zero-order valence-corrected chi connectivity index (χ0v) is 11.5. The predicted molar refractivity (Wildman–Crippen MR) is 72.7 cm³/mol. The van der Waals surface area contributed by atoms with Crippen LogP contribution in [-0.2, 0) is 16.1 Å². The zero-order valence-electron chi connectivity index (χ0n) is 11.5. The van der Waals surface area contributed by atoms with Crippen LogP contribution < -0.4 is 10.6 Å². The summed E-state index contributed by atoms with van der Waals surface area (Å²) in [7, 11) is 1.61. The molecule has 0 spiro atoms. The molecule has 5 nitrogen and oxygen atoms in total. The third-order valence-corrected chi connectivity index (χ3v) is 3.64. The van der Waals surface area contributed by atoms with Crippen LogP contribution in [0.1, 0.15) is 24.1 Å². The molecule has 19 heavy (non-hydrogen) atoms. The number of hydrogen-bond acceptors (Lipinski definition) is 4. The fourth-order valence-electron chi connectivity index (χ4n) is 2.30. The quantitative estimate of drug-likeness (QED) is 0.842. The van der Waals surface area contributed by atoms with Crippen LogP contribution in [0.15, 0.2) is 18.3 Å². The maximum absolute atomic E-state index is 12.3. The summed E-state index contributed by atoms with van der Waals surface area (Å²) in [5, 5.41) is 6.19. The van der Waals surface area contributed by atoms with E-state index in [-0.39, 0.29) is 5.91 Å². The molecule has 0 unspecified atom stereocenters. The van der Waals surface area contributed by atoms with Crippen LogP contribution in [-0.4, -0.2) is 36.7 Å². The molecule has 2 N–H and O–H groups in total. The lowest BCUT2D eigenvalue weighted by Gasteiger charge is -2.34. The molecule has 1 aliphatic rings. The number of methoxy groups -OCH3 is 1. The highest BCUT2D eigenvalue weighted by molar-refractivity contribution is 5.85. The Morgan fingerprint density at radius 3 is 2.79 bits per heavy atom. The molecule has 1 fully saturated rings. The molecule has 5 heteroatoms. The van der Waals surface area contributed by atoms with Crippen LogP contribution in [0.25, 0.3) is 0 Å². The third-order valence-electron chi connectivity index (χ3n) is 3.64. The fourth-order valence-corrected chi connectivity index (χ4v) is 2.30. The van der Waals surface area contributed by atoms with Crippen molar-refractivity contribution in [1.82, 2.24) is 15.6 Å². The lowest BCUT2D eigenvalue weighted by Crippen LogP contribution is -2.53. The van der Waals surface area contributed by atoms with E-state index in [1.807, 2.05) is 19.1 Å². The number of hydrogen-bond donors (Lipinski definition) is 2. The highest BCUT2D eigenvalue weighted by atomic mass is 16.5. The maximum atomic E-state index is 12.3. The van der Waals surface area contributed by atoms with Gasteiger partial charge in [-0.3, -0.25) is 9.78 Å². The Hall–Kier alpha value is -1.46. The van der Waals surface area contributed by atoms with Crippen molar-refractivity contribution in [2.75, 3.05) is 20.2 Å². The molecule has 0 aliphatic carbocycles. The minimum atomic E-state index is -0.677. The van der Waals surface area contributed by atoms with Crippen LogP contribution in [0.5, 0.6) is 0 Å². The molecule has 1 aliphatic heterocycles. The van der Waals surface area contributed by atoms with Crippen molar-refractivity contribution < 1.29 is 9.53 Å². The number of nitrogens with zero attached hydrogens (tertiary/aromatic N) is 1. The molecule has 1 aromatic rings. The minimum Gasteiger partial charge on any atom is -0.368 e. The summed E-state index contributed by atoms with van der Waals surface area (Å²) in [5.74, 6) is -0.0305. The molecule has 104 valence electrons. The number of carbonyl (C=O) groups is 1. The van der Waals surface area contributed by atoms with Crippen molar-refractivity contribution in [2.45, 2.75) is 31.9 Å². The number of ether oxygens (including phenoxy) is 1. The Morgan fingerprint density at radius 2 is 2.21 bits per heavy atom. The lowest BCUT2D eigenvalue weighted by atomic mass is 9.91. The average molecular weight is 263 g/mol. The molecule has 0 bridgehead atoms. The fraction of sp³-hybridized carbons (Fsp3) is 0.571. The van der Waals surface area contributed by atoms with Gasteiger partial charge in [0.1, 0.15) is 5.60 Å². The number of nitrogens with one attached hydrogen (secondary N) is 2. The van der Waals surface area contributed by atoms with Gasteiger partial charge in [-0.15, -0.1) is 0 Å². The van der Waals surface area contributed by atoms with Gasteiger partial charge in [0.25, 0.3) is 5.91 Å².